The zero-order valence-corrected chi connectivity index (χ0v) is 11.3. The minimum Gasteiger partial charge on any atom is -0.430 e. The maximum Gasteiger partial charge on any atom is 0.509 e. The van der Waals surface area contributed by atoms with Crippen molar-refractivity contribution < 1.29 is 28.5 Å². The summed E-state index contributed by atoms with van der Waals surface area (Å²) < 4.78 is 20.2. The summed E-state index contributed by atoms with van der Waals surface area (Å²) in [5.74, 6) is 0. The molecule has 6 nitrogen and oxygen atoms in total. The third-order valence-electron chi connectivity index (χ3n) is 3.43. The molecule has 0 bridgehead atoms. The Hall–Kier alpha value is -1.98. The lowest BCUT2D eigenvalue weighted by Crippen LogP contribution is -2.39. The third kappa shape index (κ3) is 2.95. The third-order valence-corrected chi connectivity index (χ3v) is 3.43. The molecule has 0 heterocycles. The summed E-state index contributed by atoms with van der Waals surface area (Å²) in [7, 11) is 0. The summed E-state index contributed by atoms with van der Waals surface area (Å²) in [4.78, 5) is 23.0. The van der Waals surface area contributed by atoms with Gasteiger partial charge in [0.1, 0.15) is 13.2 Å². The highest BCUT2D eigenvalue weighted by Gasteiger charge is 2.72. The van der Waals surface area contributed by atoms with Crippen molar-refractivity contribution >= 4 is 12.3 Å². The van der Waals surface area contributed by atoms with Crippen LogP contribution in [0.5, 0.6) is 0 Å². The van der Waals surface area contributed by atoms with Crippen LogP contribution in [0.1, 0.15) is 25.7 Å². The van der Waals surface area contributed by atoms with Crippen LogP contribution in [0.3, 0.4) is 0 Å². The molecule has 2 saturated carbocycles. The molecule has 2 rings (SSSR count). The van der Waals surface area contributed by atoms with Gasteiger partial charge in [0.05, 0.1) is 0 Å². The molecular weight excluding hydrogens is 264 g/mol. The molecule has 2 aliphatic rings. The molecule has 0 aliphatic heterocycles. The van der Waals surface area contributed by atoms with Gasteiger partial charge >= 0.3 is 12.3 Å². The van der Waals surface area contributed by atoms with Gasteiger partial charge in [-0.25, -0.2) is 9.59 Å². The second-order valence-electron chi connectivity index (χ2n) is 4.89. The Kier molecular flexibility index (Phi) is 4.01. The van der Waals surface area contributed by atoms with E-state index in [9.17, 15) is 9.59 Å². The SMILES string of the molecule is C=CCOC(=O)OC1(C2(OC(=O)OCC=C)CC2)CC1. The van der Waals surface area contributed by atoms with E-state index in [1.807, 2.05) is 0 Å². The van der Waals surface area contributed by atoms with Crippen LogP contribution in [0, 0.1) is 0 Å². The predicted molar refractivity (Wildman–Crippen MR) is 69.2 cm³/mol. The second kappa shape index (κ2) is 5.56. The quantitative estimate of drug-likeness (QED) is 0.528. The van der Waals surface area contributed by atoms with Crippen molar-refractivity contribution in [2.24, 2.45) is 0 Å². The Morgan fingerprint density at radius 2 is 1.20 bits per heavy atom. The number of ether oxygens (including phenoxy) is 4. The van der Waals surface area contributed by atoms with Gasteiger partial charge in [0.15, 0.2) is 11.2 Å². The van der Waals surface area contributed by atoms with Gasteiger partial charge < -0.3 is 18.9 Å². The molecule has 2 fully saturated rings. The minimum absolute atomic E-state index is 0.0874. The topological polar surface area (TPSA) is 71.1 Å². The molecule has 0 aromatic heterocycles. The zero-order chi connectivity index (χ0) is 14.6. The molecule has 0 aromatic rings. The fourth-order valence-electron chi connectivity index (χ4n) is 2.16. The molecule has 0 N–H and O–H groups in total. The first kappa shape index (κ1) is 14.4. The van der Waals surface area contributed by atoms with Gasteiger partial charge in [0, 0.05) is 0 Å². The number of hydrogen-bond donors (Lipinski definition) is 0. The minimum atomic E-state index is -0.767. The fourth-order valence-corrected chi connectivity index (χ4v) is 2.16. The fraction of sp³-hybridized carbons (Fsp3) is 0.571. The molecule has 110 valence electrons. The van der Waals surface area contributed by atoms with Crippen molar-refractivity contribution in [3.05, 3.63) is 25.3 Å². The second-order valence-corrected chi connectivity index (χ2v) is 4.89. The summed E-state index contributed by atoms with van der Waals surface area (Å²) in [6.07, 6.45) is 4.01. The van der Waals surface area contributed by atoms with Crippen LogP contribution >= 0.6 is 0 Å². The summed E-state index contributed by atoms with van der Waals surface area (Å²) >= 11 is 0. The Balaban J connectivity index is 1.88. The molecular formula is C14H18O6. The van der Waals surface area contributed by atoms with E-state index >= 15 is 0 Å². The van der Waals surface area contributed by atoms with Crippen LogP contribution in [0.2, 0.25) is 0 Å². The van der Waals surface area contributed by atoms with Crippen LogP contribution in [-0.2, 0) is 18.9 Å². The van der Waals surface area contributed by atoms with Crippen LogP contribution < -0.4 is 0 Å². The van der Waals surface area contributed by atoms with E-state index in [-0.39, 0.29) is 13.2 Å². The average molecular weight is 282 g/mol. The van der Waals surface area contributed by atoms with Crippen LogP contribution in [-0.4, -0.2) is 36.7 Å². The first-order valence-electron chi connectivity index (χ1n) is 6.51. The number of hydrogen-bond acceptors (Lipinski definition) is 6. The van der Waals surface area contributed by atoms with Gasteiger partial charge in [-0.1, -0.05) is 25.3 Å². The summed E-state index contributed by atoms with van der Waals surface area (Å²) in [6, 6.07) is 0. The molecule has 0 aromatic carbocycles. The normalized spacial score (nSPS) is 20.2. The summed E-state index contributed by atoms with van der Waals surface area (Å²) in [5.41, 5.74) is -1.50. The van der Waals surface area contributed by atoms with E-state index in [2.05, 4.69) is 13.2 Å². The standard InChI is InChI=1S/C14H18O6/c1-3-9-17-11(15)19-13(5-6-13)14(7-8-14)20-12(16)18-10-4-2/h3-4H,1-2,5-10H2. The predicted octanol–water partition coefficient (Wildman–Crippen LogP) is 2.73. The van der Waals surface area contributed by atoms with Gasteiger partial charge in [-0.2, -0.15) is 0 Å². The largest absolute Gasteiger partial charge is 0.509 e. The lowest BCUT2D eigenvalue weighted by molar-refractivity contribution is -0.0792. The number of rotatable bonds is 7. The van der Waals surface area contributed by atoms with Gasteiger partial charge in [0.25, 0.3) is 0 Å². The summed E-state index contributed by atoms with van der Waals surface area (Å²) in [6.45, 7) is 7.07. The molecule has 0 atom stereocenters. The number of carbonyl (C=O) groups excluding carboxylic acids is 2. The van der Waals surface area contributed by atoms with Crippen molar-refractivity contribution in [3.63, 3.8) is 0 Å². The lowest BCUT2D eigenvalue weighted by Gasteiger charge is -2.25. The van der Waals surface area contributed by atoms with Crippen LogP contribution in [0.15, 0.2) is 25.3 Å². The highest BCUT2D eigenvalue weighted by atomic mass is 16.8. The van der Waals surface area contributed by atoms with Crippen molar-refractivity contribution in [1.82, 2.24) is 0 Å². The highest BCUT2D eigenvalue weighted by Crippen LogP contribution is 2.62. The maximum absolute atomic E-state index is 11.5. The van der Waals surface area contributed by atoms with Gasteiger partial charge in [-0.15, -0.1) is 0 Å². The first-order valence-corrected chi connectivity index (χ1v) is 6.51. The van der Waals surface area contributed by atoms with Crippen LogP contribution in [0.4, 0.5) is 9.59 Å². The Bertz CT molecular complexity index is 379. The van der Waals surface area contributed by atoms with Crippen molar-refractivity contribution in [2.45, 2.75) is 36.9 Å². The van der Waals surface area contributed by atoms with Gasteiger partial charge in [-0.3, -0.25) is 0 Å². The van der Waals surface area contributed by atoms with Crippen LogP contribution in [0.25, 0.3) is 0 Å². The van der Waals surface area contributed by atoms with Crippen molar-refractivity contribution in [3.8, 4) is 0 Å². The number of carbonyl (C=O) groups is 2. The van der Waals surface area contributed by atoms with Crippen molar-refractivity contribution in [1.29, 1.82) is 0 Å². The molecule has 6 heteroatoms. The molecule has 0 unspecified atom stereocenters. The molecule has 2 aliphatic carbocycles. The van der Waals surface area contributed by atoms with E-state index in [0.717, 1.165) is 0 Å². The van der Waals surface area contributed by atoms with E-state index in [0.29, 0.717) is 25.7 Å². The van der Waals surface area contributed by atoms with Gasteiger partial charge in [-0.05, 0) is 25.7 Å². The molecule has 0 spiro atoms. The Morgan fingerprint density at radius 3 is 1.45 bits per heavy atom. The molecule has 0 saturated heterocycles. The molecule has 0 radical (unpaired) electrons. The van der Waals surface area contributed by atoms with E-state index < -0.39 is 23.5 Å². The smallest absolute Gasteiger partial charge is 0.430 e. The molecule has 20 heavy (non-hydrogen) atoms. The maximum atomic E-state index is 11.5. The lowest BCUT2D eigenvalue weighted by atomic mass is 10.1. The van der Waals surface area contributed by atoms with E-state index in [1.54, 1.807) is 0 Å². The van der Waals surface area contributed by atoms with E-state index in [4.69, 9.17) is 18.9 Å². The van der Waals surface area contributed by atoms with E-state index in [1.165, 1.54) is 12.2 Å². The summed E-state index contributed by atoms with van der Waals surface area (Å²) in [5, 5.41) is 0. The average Bonchev–Trinajstić information content (AvgIpc) is 3.31. The molecule has 0 amide bonds. The van der Waals surface area contributed by atoms with Gasteiger partial charge in [0.2, 0.25) is 0 Å². The monoisotopic (exact) mass is 282 g/mol. The highest BCUT2D eigenvalue weighted by molar-refractivity contribution is 5.64. The zero-order valence-electron chi connectivity index (χ0n) is 11.3. The van der Waals surface area contributed by atoms with Crippen molar-refractivity contribution in [2.75, 3.05) is 13.2 Å². The first-order chi connectivity index (χ1) is 9.57. The Morgan fingerprint density at radius 1 is 0.850 bits per heavy atom. The Labute approximate surface area is 117 Å².